The van der Waals surface area contributed by atoms with E-state index in [2.05, 4.69) is 25.5 Å². The molecule has 5 aromatic rings. The second-order valence-electron chi connectivity index (χ2n) is 6.84. The van der Waals surface area contributed by atoms with Gasteiger partial charge in [0.05, 0.1) is 16.6 Å². The van der Waals surface area contributed by atoms with Crippen LogP contribution >= 0.6 is 11.6 Å². The summed E-state index contributed by atoms with van der Waals surface area (Å²) >= 11 is 6.03. The van der Waals surface area contributed by atoms with Gasteiger partial charge in [-0.15, -0.1) is 0 Å². The van der Waals surface area contributed by atoms with Crippen LogP contribution in [0.3, 0.4) is 0 Å². The molecule has 0 unspecified atom stereocenters. The van der Waals surface area contributed by atoms with Gasteiger partial charge in [-0.25, -0.2) is 9.97 Å². The predicted octanol–water partition coefficient (Wildman–Crippen LogP) is 6.59. The molecule has 0 bridgehead atoms. The van der Waals surface area contributed by atoms with Crippen molar-refractivity contribution in [2.75, 3.05) is 5.32 Å². The molecule has 31 heavy (non-hydrogen) atoms. The molecule has 3 aromatic carbocycles. The minimum Gasteiger partial charge on any atom is -0.322 e. The molecule has 2 heterocycles. The number of rotatable bonds is 3. The molecule has 0 aliphatic heterocycles. The van der Waals surface area contributed by atoms with E-state index in [0.29, 0.717) is 27.6 Å². The Morgan fingerprint density at radius 2 is 1.61 bits per heavy atom. The van der Waals surface area contributed by atoms with Gasteiger partial charge in [-0.2, -0.15) is 18.3 Å². The van der Waals surface area contributed by atoms with E-state index >= 15 is 0 Å². The quantitative estimate of drug-likeness (QED) is 0.333. The summed E-state index contributed by atoms with van der Waals surface area (Å²) in [6.07, 6.45) is -4.53. The summed E-state index contributed by atoms with van der Waals surface area (Å²) in [5.41, 5.74) is 0.337. The molecule has 0 saturated heterocycles. The number of nitrogens with zero attached hydrogens (tertiary/aromatic N) is 3. The van der Waals surface area contributed by atoms with E-state index < -0.39 is 11.7 Å². The number of nitrogens with one attached hydrogen (secondary N) is 2. The van der Waals surface area contributed by atoms with Gasteiger partial charge in [-0.05, 0) is 36.4 Å². The molecule has 0 saturated carbocycles. The Morgan fingerprint density at radius 3 is 2.45 bits per heavy atom. The maximum atomic E-state index is 13.6. The molecule has 0 aliphatic carbocycles. The molecule has 2 aromatic heterocycles. The first-order valence-electron chi connectivity index (χ1n) is 9.24. The van der Waals surface area contributed by atoms with E-state index in [4.69, 9.17) is 11.6 Å². The van der Waals surface area contributed by atoms with Crippen molar-refractivity contribution >= 4 is 45.0 Å². The summed E-state index contributed by atoms with van der Waals surface area (Å²) < 4.78 is 40.7. The van der Waals surface area contributed by atoms with Gasteiger partial charge < -0.3 is 5.32 Å². The van der Waals surface area contributed by atoms with E-state index in [0.717, 1.165) is 17.0 Å². The summed E-state index contributed by atoms with van der Waals surface area (Å²) in [5, 5.41) is 12.3. The zero-order valence-electron chi connectivity index (χ0n) is 15.7. The van der Waals surface area contributed by atoms with Crippen LogP contribution in [0.15, 0.2) is 66.7 Å². The van der Waals surface area contributed by atoms with Crippen molar-refractivity contribution in [3.05, 3.63) is 77.3 Å². The van der Waals surface area contributed by atoms with Crippen LogP contribution < -0.4 is 5.32 Å². The lowest BCUT2D eigenvalue weighted by Gasteiger charge is -2.14. The number of fused-ring (bicyclic) bond motifs is 2. The fourth-order valence-electron chi connectivity index (χ4n) is 3.42. The van der Waals surface area contributed by atoms with E-state index in [-0.39, 0.29) is 11.4 Å². The van der Waals surface area contributed by atoms with Gasteiger partial charge >= 0.3 is 6.18 Å². The van der Waals surface area contributed by atoms with Crippen molar-refractivity contribution in [2.24, 2.45) is 0 Å². The molecule has 5 nitrogen and oxygen atoms in total. The van der Waals surface area contributed by atoms with Crippen LogP contribution in [-0.4, -0.2) is 20.2 Å². The molecule has 9 heteroatoms. The fourth-order valence-corrected chi connectivity index (χ4v) is 3.59. The largest absolute Gasteiger partial charge is 0.417 e. The topological polar surface area (TPSA) is 66.5 Å². The minimum atomic E-state index is -4.53. The molecule has 2 N–H and O–H groups in total. The molecule has 154 valence electrons. The molecule has 0 aliphatic rings. The Balaban J connectivity index is 1.69. The van der Waals surface area contributed by atoms with Crippen molar-refractivity contribution in [3.63, 3.8) is 0 Å². The Kier molecular flexibility index (Phi) is 4.51. The first-order chi connectivity index (χ1) is 14.9. The number of aromatic amines is 1. The van der Waals surface area contributed by atoms with Crippen LogP contribution in [0.4, 0.5) is 24.8 Å². The summed E-state index contributed by atoms with van der Waals surface area (Å²) in [6.45, 7) is 0. The van der Waals surface area contributed by atoms with Crippen molar-refractivity contribution in [3.8, 4) is 11.4 Å². The van der Waals surface area contributed by atoms with Crippen LogP contribution in [0.5, 0.6) is 0 Å². The van der Waals surface area contributed by atoms with E-state index in [9.17, 15) is 13.2 Å². The highest BCUT2D eigenvalue weighted by Gasteiger charge is 2.34. The maximum absolute atomic E-state index is 13.6. The third kappa shape index (κ3) is 3.55. The highest BCUT2D eigenvalue weighted by Crippen LogP contribution is 2.37. The molecular weight excluding hydrogens is 427 g/mol. The molecule has 0 fully saturated rings. The van der Waals surface area contributed by atoms with E-state index in [1.54, 1.807) is 36.4 Å². The maximum Gasteiger partial charge on any atom is 0.417 e. The zero-order chi connectivity index (χ0) is 21.6. The Hall–Kier alpha value is -3.65. The van der Waals surface area contributed by atoms with Crippen molar-refractivity contribution in [2.45, 2.75) is 6.18 Å². The van der Waals surface area contributed by atoms with Crippen LogP contribution in [-0.2, 0) is 6.18 Å². The molecule has 0 atom stereocenters. The predicted molar refractivity (Wildman–Crippen MR) is 114 cm³/mol. The van der Waals surface area contributed by atoms with Crippen LogP contribution in [0.1, 0.15) is 5.56 Å². The first kappa shape index (κ1) is 19.3. The smallest absolute Gasteiger partial charge is 0.322 e. The Morgan fingerprint density at radius 1 is 0.839 bits per heavy atom. The highest BCUT2D eigenvalue weighted by molar-refractivity contribution is 6.31. The number of aromatic nitrogens is 4. The highest BCUT2D eigenvalue weighted by atomic mass is 35.5. The summed E-state index contributed by atoms with van der Waals surface area (Å²) in [7, 11) is 0. The van der Waals surface area contributed by atoms with Gasteiger partial charge in [0.1, 0.15) is 5.82 Å². The average Bonchev–Trinajstić information content (AvgIpc) is 3.14. The molecule has 0 amide bonds. The number of halogens is 4. The van der Waals surface area contributed by atoms with Gasteiger partial charge in [-0.1, -0.05) is 41.9 Å². The number of para-hydroxylation sites is 1. The number of anilines is 2. The van der Waals surface area contributed by atoms with Crippen molar-refractivity contribution < 1.29 is 13.2 Å². The Bertz CT molecular complexity index is 1430. The third-order valence-electron chi connectivity index (χ3n) is 4.84. The first-order valence-corrected chi connectivity index (χ1v) is 9.62. The molecule has 0 spiro atoms. The standard InChI is InChI=1S/C22H13ClF3N5/c23-12-9-10-15-18(11-12)30-31-21(15)29-20-14-6-2-4-8-17(14)27-19(28-20)13-5-1-3-7-16(13)22(24,25)26/h1-11H,(H2,27,28,29,30,31). The second-order valence-corrected chi connectivity index (χ2v) is 7.28. The number of H-pyrrole nitrogens is 1. The molecule has 0 radical (unpaired) electrons. The van der Waals surface area contributed by atoms with Crippen LogP contribution in [0, 0.1) is 0 Å². The zero-order valence-corrected chi connectivity index (χ0v) is 16.5. The number of hydrogen-bond acceptors (Lipinski definition) is 4. The summed E-state index contributed by atoms with van der Waals surface area (Å²) in [5.74, 6) is 0.795. The average molecular weight is 440 g/mol. The second kappa shape index (κ2) is 7.24. The van der Waals surface area contributed by atoms with Gasteiger partial charge in [0.2, 0.25) is 0 Å². The molecule has 5 rings (SSSR count). The van der Waals surface area contributed by atoms with Gasteiger partial charge in [-0.3, -0.25) is 5.10 Å². The lowest BCUT2D eigenvalue weighted by atomic mass is 10.1. The SMILES string of the molecule is FC(F)(F)c1ccccc1-c1nc(Nc2n[nH]c3cc(Cl)ccc23)c2ccccc2n1. The Labute approximate surface area is 178 Å². The van der Waals surface area contributed by atoms with Gasteiger partial charge in [0, 0.05) is 21.4 Å². The normalized spacial score (nSPS) is 11.9. The van der Waals surface area contributed by atoms with Gasteiger partial charge in [0.25, 0.3) is 0 Å². The van der Waals surface area contributed by atoms with E-state index in [1.807, 2.05) is 6.07 Å². The minimum absolute atomic E-state index is 0.0305. The number of alkyl halides is 3. The van der Waals surface area contributed by atoms with Crippen LogP contribution in [0.25, 0.3) is 33.2 Å². The van der Waals surface area contributed by atoms with E-state index in [1.165, 1.54) is 18.2 Å². The van der Waals surface area contributed by atoms with Crippen LogP contribution in [0.2, 0.25) is 5.02 Å². The fraction of sp³-hybridized carbons (Fsp3) is 0.0455. The molecular formula is C22H13ClF3N5. The van der Waals surface area contributed by atoms with Crippen molar-refractivity contribution in [1.82, 2.24) is 20.2 Å². The summed E-state index contributed by atoms with van der Waals surface area (Å²) in [6, 6.07) is 17.6. The summed E-state index contributed by atoms with van der Waals surface area (Å²) in [4.78, 5) is 8.83. The number of benzene rings is 3. The number of hydrogen-bond donors (Lipinski definition) is 2. The lowest BCUT2D eigenvalue weighted by Crippen LogP contribution is -2.08. The van der Waals surface area contributed by atoms with Gasteiger partial charge in [0.15, 0.2) is 11.6 Å². The monoisotopic (exact) mass is 439 g/mol. The third-order valence-corrected chi connectivity index (χ3v) is 5.07. The lowest BCUT2D eigenvalue weighted by molar-refractivity contribution is -0.137. The van der Waals surface area contributed by atoms with Crippen molar-refractivity contribution in [1.29, 1.82) is 0 Å².